The lowest BCUT2D eigenvalue weighted by atomic mass is 10.1. The molecule has 1 aromatic carbocycles. The van der Waals surface area contributed by atoms with E-state index in [4.69, 9.17) is 10.5 Å². The van der Waals surface area contributed by atoms with Crippen LogP contribution in [0.1, 0.15) is 50.4 Å². The van der Waals surface area contributed by atoms with Crippen molar-refractivity contribution < 1.29 is 14.3 Å². The second kappa shape index (κ2) is 9.28. The SMILES string of the molecule is CCc1ccccc1Nc1nc(N)nc(COC(=O)[C@H]2CC(=O)N(C3CCCC3)C2)n1. The lowest BCUT2D eigenvalue weighted by molar-refractivity contribution is -0.150. The molecular formula is C22H28N6O3. The van der Waals surface area contributed by atoms with Crippen LogP contribution >= 0.6 is 0 Å². The van der Waals surface area contributed by atoms with Crippen LogP contribution in [0.2, 0.25) is 0 Å². The summed E-state index contributed by atoms with van der Waals surface area (Å²) in [6.07, 6.45) is 5.39. The predicted octanol–water partition coefficient (Wildman–Crippen LogP) is 2.59. The van der Waals surface area contributed by atoms with E-state index in [-0.39, 0.29) is 36.7 Å². The molecule has 2 heterocycles. The van der Waals surface area contributed by atoms with Gasteiger partial charge in [-0.15, -0.1) is 0 Å². The molecule has 1 aliphatic heterocycles. The standard InChI is InChI=1S/C22H28N6O3/c1-2-14-7-3-6-10-17(14)24-22-26-18(25-21(23)27-22)13-31-20(30)15-11-19(29)28(12-15)16-8-4-5-9-16/h3,6-7,10,15-16H,2,4-5,8-9,11-13H2,1H3,(H3,23,24,25,26,27)/t15-/m0/s1. The summed E-state index contributed by atoms with van der Waals surface area (Å²) in [4.78, 5) is 39.3. The monoisotopic (exact) mass is 424 g/mol. The third-order valence-corrected chi connectivity index (χ3v) is 5.94. The Labute approximate surface area is 181 Å². The van der Waals surface area contributed by atoms with Crippen LogP contribution < -0.4 is 11.1 Å². The molecular weight excluding hydrogens is 396 g/mol. The Bertz CT molecular complexity index is 960. The van der Waals surface area contributed by atoms with Gasteiger partial charge in [-0.25, -0.2) is 0 Å². The molecule has 0 spiro atoms. The number of likely N-dealkylation sites (tertiary alicyclic amines) is 1. The highest BCUT2D eigenvalue weighted by atomic mass is 16.5. The number of rotatable bonds is 7. The number of carbonyl (C=O) groups is 2. The number of hydrogen-bond donors (Lipinski definition) is 2. The van der Waals surface area contributed by atoms with E-state index in [0.717, 1.165) is 43.4 Å². The first-order valence-electron chi connectivity index (χ1n) is 10.8. The average molecular weight is 425 g/mol. The van der Waals surface area contributed by atoms with Gasteiger partial charge in [0, 0.05) is 24.7 Å². The molecule has 31 heavy (non-hydrogen) atoms. The molecule has 4 rings (SSSR count). The first kappa shape index (κ1) is 21.0. The number of ether oxygens (including phenoxy) is 1. The van der Waals surface area contributed by atoms with Gasteiger partial charge >= 0.3 is 5.97 Å². The van der Waals surface area contributed by atoms with E-state index in [0.29, 0.717) is 12.5 Å². The van der Waals surface area contributed by atoms with E-state index in [2.05, 4.69) is 27.2 Å². The van der Waals surface area contributed by atoms with Crippen LogP contribution in [0.3, 0.4) is 0 Å². The van der Waals surface area contributed by atoms with Crippen molar-refractivity contribution in [3.63, 3.8) is 0 Å². The molecule has 3 N–H and O–H groups in total. The fourth-order valence-corrected chi connectivity index (χ4v) is 4.34. The van der Waals surface area contributed by atoms with Crippen LogP contribution in [0.4, 0.5) is 17.6 Å². The zero-order valence-electron chi connectivity index (χ0n) is 17.7. The second-order valence-corrected chi connectivity index (χ2v) is 8.06. The molecule has 1 saturated heterocycles. The Balaban J connectivity index is 1.37. The predicted molar refractivity (Wildman–Crippen MR) is 115 cm³/mol. The molecule has 2 aromatic rings. The summed E-state index contributed by atoms with van der Waals surface area (Å²) in [6, 6.07) is 8.12. The summed E-state index contributed by atoms with van der Waals surface area (Å²) in [5.74, 6) is -0.211. The third-order valence-electron chi connectivity index (χ3n) is 5.94. The molecule has 0 unspecified atom stereocenters. The molecule has 2 aliphatic rings. The number of nitrogen functional groups attached to an aromatic ring is 1. The maximum Gasteiger partial charge on any atom is 0.311 e. The summed E-state index contributed by atoms with van der Waals surface area (Å²) in [5.41, 5.74) is 7.83. The molecule has 1 amide bonds. The molecule has 2 fully saturated rings. The van der Waals surface area contributed by atoms with Crippen molar-refractivity contribution in [2.45, 2.75) is 58.1 Å². The van der Waals surface area contributed by atoms with Crippen LogP contribution in [0.25, 0.3) is 0 Å². The van der Waals surface area contributed by atoms with Gasteiger partial charge in [-0.05, 0) is 30.9 Å². The Kier molecular flexibility index (Phi) is 6.29. The number of nitrogens with two attached hydrogens (primary N) is 1. The highest BCUT2D eigenvalue weighted by molar-refractivity contribution is 5.87. The fourth-order valence-electron chi connectivity index (χ4n) is 4.34. The van der Waals surface area contributed by atoms with Crippen LogP contribution in [0, 0.1) is 5.92 Å². The molecule has 0 bridgehead atoms. The minimum Gasteiger partial charge on any atom is -0.457 e. The number of nitrogens with zero attached hydrogens (tertiary/aromatic N) is 4. The number of aryl methyl sites for hydroxylation is 1. The van der Waals surface area contributed by atoms with Gasteiger partial charge in [0.15, 0.2) is 12.4 Å². The van der Waals surface area contributed by atoms with Crippen molar-refractivity contribution >= 4 is 29.5 Å². The first-order chi connectivity index (χ1) is 15.0. The van der Waals surface area contributed by atoms with Crippen molar-refractivity contribution in [1.29, 1.82) is 0 Å². The van der Waals surface area contributed by atoms with Crippen molar-refractivity contribution in [2.24, 2.45) is 5.92 Å². The Morgan fingerprint density at radius 2 is 2.00 bits per heavy atom. The Hall–Kier alpha value is -3.23. The number of benzene rings is 1. The second-order valence-electron chi connectivity index (χ2n) is 8.06. The van der Waals surface area contributed by atoms with Gasteiger partial charge in [0.05, 0.1) is 5.92 Å². The highest BCUT2D eigenvalue weighted by Crippen LogP contribution is 2.30. The highest BCUT2D eigenvalue weighted by Gasteiger charge is 2.39. The summed E-state index contributed by atoms with van der Waals surface area (Å²) in [6.45, 7) is 2.38. The molecule has 9 nitrogen and oxygen atoms in total. The van der Waals surface area contributed by atoms with E-state index in [1.807, 2.05) is 29.2 Å². The number of anilines is 3. The molecule has 164 valence electrons. The van der Waals surface area contributed by atoms with Crippen LogP contribution in [-0.2, 0) is 27.4 Å². The topological polar surface area (TPSA) is 123 Å². The van der Waals surface area contributed by atoms with Gasteiger partial charge in [-0.3, -0.25) is 9.59 Å². The maximum absolute atomic E-state index is 12.5. The zero-order chi connectivity index (χ0) is 21.8. The van der Waals surface area contributed by atoms with Gasteiger partial charge in [-0.2, -0.15) is 15.0 Å². The number of hydrogen-bond acceptors (Lipinski definition) is 8. The van der Waals surface area contributed by atoms with E-state index >= 15 is 0 Å². The number of amides is 1. The van der Waals surface area contributed by atoms with Gasteiger partial charge < -0.3 is 20.7 Å². The van der Waals surface area contributed by atoms with Gasteiger partial charge in [-0.1, -0.05) is 38.0 Å². The Morgan fingerprint density at radius 3 is 2.77 bits per heavy atom. The zero-order valence-corrected chi connectivity index (χ0v) is 17.7. The van der Waals surface area contributed by atoms with Gasteiger partial charge in [0.1, 0.15) is 0 Å². The van der Waals surface area contributed by atoms with E-state index < -0.39 is 11.9 Å². The van der Waals surface area contributed by atoms with E-state index in [1.54, 1.807) is 0 Å². The van der Waals surface area contributed by atoms with Crippen molar-refractivity contribution in [3.05, 3.63) is 35.7 Å². The lowest BCUT2D eigenvalue weighted by Gasteiger charge is -2.23. The summed E-state index contributed by atoms with van der Waals surface area (Å²) in [5, 5.41) is 3.16. The van der Waals surface area contributed by atoms with Crippen LogP contribution in [0.5, 0.6) is 0 Å². The van der Waals surface area contributed by atoms with Crippen LogP contribution in [-0.4, -0.2) is 44.3 Å². The smallest absolute Gasteiger partial charge is 0.311 e. The number of esters is 1. The number of aromatic nitrogens is 3. The van der Waals surface area contributed by atoms with E-state index in [9.17, 15) is 9.59 Å². The van der Waals surface area contributed by atoms with E-state index in [1.165, 1.54) is 0 Å². The fraction of sp³-hybridized carbons (Fsp3) is 0.500. The average Bonchev–Trinajstić information content (AvgIpc) is 3.41. The summed E-state index contributed by atoms with van der Waals surface area (Å²) < 4.78 is 5.42. The van der Waals surface area contributed by atoms with Crippen LogP contribution in [0.15, 0.2) is 24.3 Å². The molecule has 9 heteroatoms. The molecule has 1 aromatic heterocycles. The van der Waals surface area contributed by atoms with Crippen molar-refractivity contribution in [3.8, 4) is 0 Å². The molecule has 1 aliphatic carbocycles. The summed E-state index contributed by atoms with van der Waals surface area (Å²) in [7, 11) is 0. The normalized spacial score (nSPS) is 19.1. The number of carbonyl (C=O) groups excluding carboxylic acids is 2. The quantitative estimate of drug-likeness (QED) is 0.650. The Morgan fingerprint density at radius 1 is 1.23 bits per heavy atom. The number of para-hydroxylation sites is 1. The summed E-state index contributed by atoms with van der Waals surface area (Å²) >= 11 is 0. The molecule has 1 saturated carbocycles. The van der Waals surface area contributed by atoms with Crippen molar-refractivity contribution in [2.75, 3.05) is 17.6 Å². The largest absolute Gasteiger partial charge is 0.457 e. The maximum atomic E-state index is 12.5. The molecule has 1 atom stereocenters. The molecule has 0 radical (unpaired) electrons. The first-order valence-corrected chi connectivity index (χ1v) is 10.8. The number of nitrogens with one attached hydrogen (secondary N) is 1. The minimum atomic E-state index is -0.443. The lowest BCUT2D eigenvalue weighted by Crippen LogP contribution is -2.35. The van der Waals surface area contributed by atoms with Gasteiger partial charge in [0.2, 0.25) is 17.8 Å². The minimum absolute atomic E-state index is 0.0410. The van der Waals surface area contributed by atoms with Crippen molar-refractivity contribution in [1.82, 2.24) is 19.9 Å². The van der Waals surface area contributed by atoms with Gasteiger partial charge in [0.25, 0.3) is 0 Å². The third kappa shape index (κ3) is 4.92.